The molecule has 128 heavy (non-hydrogen) atoms. The molecule has 8 aromatic rings. The second-order valence-electron chi connectivity index (χ2n) is 33.5. The number of nitrogen functional groups attached to an aromatic ring is 2. The molecule has 12 atom stereocenters. The van der Waals surface area contributed by atoms with E-state index in [2.05, 4.69) is 40.1 Å². The van der Waals surface area contributed by atoms with Gasteiger partial charge in [-0.1, -0.05) is 322 Å². The van der Waals surface area contributed by atoms with E-state index in [0.29, 0.717) is 29.9 Å². The van der Waals surface area contributed by atoms with E-state index in [4.69, 9.17) is 99.7 Å². The third kappa shape index (κ3) is 32.0. The molecule has 3 fully saturated rings. The van der Waals surface area contributed by atoms with Crippen molar-refractivity contribution >= 4 is 61.5 Å². The molecule has 704 valence electrons. The smallest absolute Gasteiger partial charge is 0.402 e. The number of aliphatic hydroxyl groups is 2. The number of anilines is 2. The summed E-state index contributed by atoms with van der Waals surface area (Å²) >= 11 is 12.9. The molecule has 0 amide bonds. The van der Waals surface area contributed by atoms with Gasteiger partial charge in [-0.25, -0.2) is 28.1 Å². The predicted octanol–water partition coefficient (Wildman–Crippen LogP) is 22.2. The number of halogens is 2. The zero-order valence-electron chi connectivity index (χ0n) is 74.5. The fourth-order valence-electron chi connectivity index (χ4n) is 16.0. The normalized spacial score (nSPS) is 20.8. The molecule has 11 rings (SSSR count). The predicted molar refractivity (Wildman–Crippen MR) is 496 cm³/mol. The second kappa shape index (κ2) is 55.3. The van der Waals surface area contributed by atoms with Crippen LogP contribution in [-0.2, 0) is 89.5 Å². The SMILES string of the molecule is C.CCCCCCCCCCCCCCCCCCOC[C@H](COP(=O)(OC[C@H]1O[C@@](C#N)(c2ccc3c(N)ncnn23)[C@@H]2OC(C)(C)O[C@@H]21)Oc1ccccc1Cl)OCc1ccccc1.CCCCCCCCCCCCCCCCCCOC[C@H](COP(=O)(OC[C@H]1O[C@@](C#N)(c2ccc3c(N)ncnn23)[C@H](O)[C@@H]1O)Oc1ccccc1Cl)OCc1ccccc1. The minimum Gasteiger partial charge on any atom is -0.402 e. The molecule has 0 radical (unpaired) electrons. The monoisotopic (exact) mass is 1850 g/mol. The second-order valence-corrected chi connectivity index (χ2v) is 37.5. The minimum absolute atomic E-state index is 0. The highest BCUT2D eigenvalue weighted by Gasteiger charge is 2.66. The lowest BCUT2D eigenvalue weighted by atomic mass is 9.92. The number of benzene rings is 4. The van der Waals surface area contributed by atoms with E-state index >= 15 is 0 Å². The van der Waals surface area contributed by atoms with Crippen molar-refractivity contribution in [1.29, 1.82) is 10.5 Å². The molecule has 4 aromatic carbocycles. The first kappa shape index (κ1) is 104. The van der Waals surface area contributed by atoms with E-state index in [9.17, 15) is 29.9 Å². The van der Waals surface area contributed by atoms with Crippen LogP contribution >= 0.6 is 38.8 Å². The summed E-state index contributed by atoms with van der Waals surface area (Å²) in [5.41, 5.74) is 11.5. The maximum atomic E-state index is 14.8. The van der Waals surface area contributed by atoms with Crippen molar-refractivity contribution < 1.29 is 84.4 Å². The Balaban J connectivity index is 0.000000287. The van der Waals surface area contributed by atoms with Crippen LogP contribution in [0.4, 0.5) is 11.6 Å². The maximum Gasteiger partial charge on any atom is 0.530 e. The number of phosphoric ester groups is 2. The van der Waals surface area contributed by atoms with Gasteiger partial charge in [0.2, 0.25) is 11.2 Å². The molecule has 32 heteroatoms. The topological polar surface area (TPSA) is 364 Å². The molecule has 3 aliphatic rings. The van der Waals surface area contributed by atoms with Crippen LogP contribution in [0.5, 0.6) is 11.5 Å². The number of ether oxygens (including phenoxy) is 8. The number of hydrogen-bond acceptors (Lipinski definition) is 26. The maximum absolute atomic E-state index is 14.8. The van der Waals surface area contributed by atoms with Crippen LogP contribution in [0.15, 0.2) is 146 Å². The molecule has 7 heterocycles. The molecule has 6 N–H and O–H groups in total. The Morgan fingerprint density at radius 1 is 0.461 bits per heavy atom. The number of nitriles is 2. The summed E-state index contributed by atoms with van der Waals surface area (Å²) in [6.07, 6.45) is 35.0. The van der Waals surface area contributed by atoms with Crippen LogP contribution in [0, 0.1) is 22.7 Å². The molecule has 2 unspecified atom stereocenters. The van der Waals surface area contributed by atoms with Gasteiger partial charge in [0, 0.05) is 13.2 Å². The van der Waals surface area contributed by atoms with Crippen LogP contribution in [-0.4, -0.2) is 147 Å². The van der Waals surface area contributed by atoms with Crippen molar-refractivity contribution in [2.45, 2.75) is 320 Å². The van der Waals surface area contributed by atoms with E-state index in [0.717, 1.165) is 43.2 Å². The van der Waals surface area contributed by atoms with Gasteiger partial charge in [0.15, 0.2) is 17.4 Å². The summed E-state index contributed by atoms with van der Waals surface area (Å²) in [6.45, 7) is 8.53. The Kier molecular flexibility index (Phi) is 45.2. The molecular formula is C96H138Cl2N10O18P2. The van der Waals surface area contributed by atoms with E-state index in [1.54, 1.807) is 74.5 Å². The number of aliphatic hydroxyl groups excluding tert-OH is 2. The number of aromatic nitrogens is 6. The largest absolute Gasteiger partial charge is 0.530 e. The van der Waals surface area contributed by atoms with Gasteiger partial charge >= 0.3 is 15.6 Å². The van der Waals surface area contributed by atoms with E-state index in [1.807, 2.05) is 66.7 Å². The first-order valence-electron chi connectivity index (χ1n) is 46.0. The summed E-state index contributed by atoms with van der Waals surface area (Å²) in [5.74, 6) is -0.614. The zero-order valence-corrected chi connectivity index (χ0v) is 77.8. The Labute approximate surface area is 767 Å². The lowest BCUT2D eigenvalue weighted by Gasteiger charge is -2.29. The number of hydrogen-bond donors (Lipinski definition) is 4. The molecule has 28 nitrogen and oxygen atoms in total. The highest BCUT2D eigenvalue weighted by atomic mass is 35.5. The molecular weight excluding hydrogens is 1710 g/mol. The van der Waals surface area contributed by atoms with Crippen molar-refractivity contribution in [2.24, 2.45) is 0 Å². The standard InChI is InChI=1S/C49H69ClN5O9P.C46H65ClN5O9P.CH4/c1-4-5-6-7-8-9-10-11-12-13-14-15-16-17-18-24-31-57-33-39(58-32-38-25-20-19-21-26-38)34-59-65(56,64-42-28-23-22-27-40(42)50)60-35-43-45-46(63-48(2,3)62-45)49(36-51,61-43)44-30-29-41-47(52)53-37-54-55(41)44;1-2-3-4-5-6-7-8-9-10-11-12-13-14-15-16-22-29-56-31-37(57-30-36-23-18-17-19-24-36)32-58-62(55,61-40-26-21-20-25-38(40)47)59-33-41-43(53)44(54)46(34-48,60-41)42-28-27-39-45(49)50-35-51-52(39)42;/h19-23,25-30,37,39,43,45-46H,4-18,24,31-35H2,1-3H3,(H2,52,53,54);17-21,23-28,35,37,41,43-44,53-54H,2-16,22,29-33H2,1H3,(H2,49,50,51);1H4/t39-,43-,45-,46-,49+,65?;37-,41-,43-,44-,46+,62?;/m11./s1. The number of nitrogens with two attached hydrogens (primary N) is 2. The molecule has 3 aliphatic heterocycles. The molecule has 0 bridgehead atoms. The van der Waals surface area contributed by atoms with Gasteiger partial charge in [0.25, 0.3) is 0 Å². The summed E-state index contributed by atoms with van der Waals surface area (Å²) in [4.78, 5) is 8.03. The summed E-state index contributed by atoms with van der Waals surface area (Å²) in [6, 6.07) is 43.1. The Morgan fingerprint density at radius 3 is 1.21 bits per heavy atom. The number of rotatable bonds is 62. The average molecular weight is 1850 g/mol. The van der Waals surface area contributed by atoms with Gasteiger partial charge in [-0.15, -0.1) is 0 Å². The fourth-order valence-corrected chi connectivity index (χ4v) is 18.9. The zero-order chi connectivity index (χ0) is 90.0. The van der Waals surface area contributed by atoms with Gasteiger partial charge in [-0.05, 0) is 86.3 Å². The van der Waals surface area contributed by atoms with Crippen LogP contribution in [0.2, 0.25) is 10.0 Å². The Bertz CT molecular complexity index is 4690. The fraction of sp³-hybridized carbons (Fsp3) is 0.604. The first-order valence-corrected chi connectivity index (χ1v) is 49.6. The van der Waals surface area contributed by atoms with Crippen molar-refractivity contribution in [3.05, 3.63) is 179 Å². The minimum atomic E-state index is -4.57. The Morgan fingerprint density at radius 2 is 0.820 bits per heavy atom. The quantitative estimate of drug-likeness (QED) is 0.0203. The van der Waals surface area contributed by atoms with Crippen molar-refractivity contribution in [1.82, 2.24) is 29.2 Å². The molecule has 3 saturated heterocycles. The van der Waals surface area contributed by atoms with E-state index in [-0.39, 0.29) is 92.5 Å². The van der Waals surface area contributed by atoms with Crippen LogP contribution in [0.25, 0.3) is 11.0 Å². The summed E-state index contributed by atoms with van der Waals surface area (Å²) in [5, 5.41) is 52.4. The van der Waals surface area contributed by atoms with E-state index in [1.165, 1.54) is 207 Å². The first-order chi connectivity index (χ1) is 61.8. The van der Waals surface area contributed by atoms with Gasteiger partial charge in [0.1, 0.15) is 96.2 Å². The Hall–Kier alpha value is -7.22. The van der Waals surface area contributed by atoms with Crippen molar-refractivity contribution in [3.63, 3.8) is 0 Å². The third-order valence-electron chi connectivity index (χ3n) is 23.0. The molecule has 0 aliphatic carbocycles. The van der Waals surface area contributed by atoms with Gasteiger partial charge in [-0.3, -0.25) is 18.1 Å². The number of nitrogens with zero attached hydrogens (tertiary/aromatic N) is 8. The third-order valence-corrected chi connectivity index (χ3v) is 26.3. The number of unbranched alkanes of at least 4 members (excludes halogenated alkanes) is 30. The van der Waals surface area contributed by atoms with Crippen molar-refractivity contribution in [3.8, 4) is 23.6 Å². The van der Waals surface area contributed by atoms with Gasteiger partial charge < -0.3 is 68.6 Å². The van der Waals surface area contributed by atoms with Crippen LogP contribution in [0.1, 0.15) is 263 Å². The molecule has 4 aromatic heterocycles. The van der Waals surface area contributed by atoms with Crippen LogP contribution in [0.3, 0.4) is 0 Å². The average Bonchev–Trinajstić information content (AvgIpc) is 1.55. The van der Waals surface area contributed by atoms with Gasteiger partial charge in [-0.2, -0.15) is 20.7 Å². The highest BCUT2D eigenvalue weighted by Crippen LogP contribution is 2.56. The number of fused-ring (bicyclic) bond motifs is 3. The lowest BCUT2D eigenvalue weighted by molar-refractivity contribution is -0.204. The van der Waals surface area contributed by atoms with E-state index < -0.39 is 88.1 Å². The lowest BCUT2D eigenvalue weighted by Crippen LogP contribution is -2.41. The van der Waals surface area contributed by atoms with Gasteiger partial charge in [0.05, 0.1) is 74.3 Å². The molecule has 0 spiro atoms. The number of para-hydroxylation sites is 2. The van der Waals surface area contributed by atoms with Crippen LogP contribution < -0.4 is 20.5 Å². The summed E-state index contributed by atoms with van der Waals surface area (Å²) in [7, 11) is -9.06. The summed E-state index contributed by atoms with van der Waals surface area (Å²) < 4.78 is 118. The highest BCUT2D eigenvalue weighted by molar-refractivity contribution is 7.49. The molecule has 0 saturated carbocycles. The van der Waals surface area contributed by atoms with Crippen molar-refractivity contribution in [2.75, 3.05) is 64.3 Å². The number of phosphoric acid groups is 2.